The van der Waals surface area contributed by atoms with E-state index in [-0.39, 0.29) is 5.91 Å². The van der Waals surface area contributed by atoms with Crippen LogP contribution in [0.15, 0.2) is 36.4 Å². The van der Waals surface area contributed by atoms with Gasteiger partial charge in [0.25, 0.3) is 0 Å². The van der Waals surface area contributed by atoms with Crippen molar-refractivity contribution in [2.75, 3.05) is 0 Å². The predicted molar refractivity (Wildman–Crippen MR) is 49.3 cm³/mol. The molecule has 0 heterocycles. The molecule has 0 aliphatic rings. The van der Waals surface area contributed by atoms with E-state index in [4.69, 9.17) is 5.73 Å². The first-order valence-electron chi connectivity index (χ1n) is 3.79. The van der Waals surface area contributed by atoms with Crippen LogP contribution in [0, 0.1) is 0 Å². The molecule has 2 nitrogen and oxygen atoms in total. The van der Waals surface area contributed by atoms with Crippen LogP contribution in [0.4, 0.5) is 0 Å². The van der Waals surface area contributed by atoms with Gasteiger partial charge in [-0.25, -0.2) is 0 Å². The van der Waals surface area contributed by atoms with Crippen LogP contribution in [0.3, 0.4) is 0 Å². The van der Waals surface area contributed by atoms with E-state index in [0.717, 1.165) is 5.56 Å². The molecule has 0 atom stereocenters. The van der Waals surface area contributed by atoms with Crippen LogP contribution in [-0.4, -0.2) is 5.91 Å². The molecule has 1 aromatic rings. The maximum Gasteiger partial charge on any atom is 0.221 e. The molecule has 0 saturated heterocycles. The third-order valence-electron chi connectivity index (χ3n) is 1.43. The fourth-order valence-electron chi connectivity index (χ4n) is 0.875. The van der Waals surface area contributed by atoms with Crippen molar-refractivity contribution in [2.24, 2.45) is 5.73 Å². The van der Waals surface area contributed by atoms with Gasteiger partial charge < -0.3 is 5.73 Å². The number of rotatable bonds is 3. The molecule has 62 valence electrons. The molecule has 1 rings (SSSR count). The van der Waals surface area contributed by atoms with Crippen molar-refractivity contribution in [1.82, 2.24) is 0 Å². The molecular formula is C10H11NO. The number of carbonyl (C=O) groups excluding carboxylic acids is 1. The van der Waals surface area contributed by atoms with Crippen LogP contribution in [0.1, 0.15) is 12.0 Å². The Bertz CT molecular complexity index is 277. The second-order valence-corrected chi connectivity index (χ2v) is 2.48. The first-order valence-corrected chi connectivity index (χ1v) is 3.79. The highest BCUT2D eigenvalue weighted by atomic mass is 16.1. The number of hydrogen-bond donors (Lipinski definition) is 1. The fourth-order valence-corrected chi connectivity index (χ4v) is 0.875. The second-order valence-electron chi connectivity index (χ2n) is 2.48. The Morgan fingerprint density at radius 1 is 1.33 bits per heavy atom. The maximum atomic E-state index is 10.4. The van der Waals surface area contributed by atoms with Crippen molar-refractivity contribution in [3.8, 4) is 0 Å². The van der Waals surface area contributed by atoms with E-state index in [1.807, 2.05) is 36.4 Å². The Morgan fingerprint density at radius 3 is 2.58 bits per heavy atom. The zero-order valence-corrected chi connectivity index (χ0v) is 6.73. The van der Waals surface area contributed by atoms with Crippen molar-refractivity contribution in [1.29, 1.82) is 0 Å². The molecule has 0 radical (unpaired) electrons. The molecule has 1 amide bonds. The Labute approximate surface area is 71.7 Å². The minimum atomic E-state index is -0.304. The van der Waals surface area contributed by atoms with Gasteiger partial charge in [-0.15, -0.1) is 0 Å². The molecule has 0 aromatic heterocycles. The Hall–Kier alpha value is -1.57. The zero-order valence-electron chi connectivity index (χ0n) is 6.73. The van der Waals surface area contributed by atoms with Gasteiger partial charge in [0.1, 0.15) is 0 Å². The molecule has 0 bridgehead atoms. The summed E-state index contributed by atoms with van der Waals surface area (Å²) in [6.45, 7) is 0. The third-order valence-corrected chi connectivity index (χ3v) is 1.43. The molecule has 0 fully saturated rings. The van der Waals surface area contributed by atoms with E-state index in [2.05, 4.69) is 0 Å². The standard InChI is InChI=1S/C10H11NO/c11-10(12)8-4-7-9-5-2-1-3-6-9/h1-7H,8H2,(H2,11,12)/b7-4-. The molecule has 0 aliphatic carbocycles. The summed E-state index contributed by atoms with van der Waals surface area (Å²) in [4.78, 5) is 10.4. The summed E-state index contributed by atoms with van der Waals surface area (Å²) in [7, 11) is 0. The average Bonchev–Trinajstić information content (AvgIpc) is 2.05. The van der Waals surface area contributed by atoms with Gasteiger partial charge in [-0.2, -0.15) is 0 Å². The molecular weight excluding hydrogens is 150 g/mol. The Balaban J connectivity index is 2.52. The quantitative estimate of drug-likeness (QED) is 0.718. The van der Waals surface area contributed by atoms with E-state index in [1.165, 1.54) is 0 Å². The molecule has 1 aromatic carbocycles. The Morgan fingerprint density at radius 2 is 2.00 bits per heavy atom. The van der Waals surface area contributed by atoms with Crippen molar-refractivity contribution >= 4 is 12.0 Å². The van der Waals surface area contributed by atoms with E-state index in [1.54, 1.807) is 6.08 Å². The van der Waals surface area contributed by atoms with Crippen LogP contribution in [0.2, 0.25) is 0 Å². The maximum absolute atomic E-state index is 10.4. The number of hydrogen-bond acceptors (Lipinski definition) is 1. The lowest BCUT2D eigenvalue weighted by atomic mass is 10.2. The minimum Gasteiger partial charge on any atom is -0.369 e. The summed E-state index contributed by atoms with van der Waals surface area (Å²) in [6, 6.07) is 9.79. The van der Waals surface area contributed by atoms with Gasteiger partial charge in [0.05, 0.1) is 0 Å². The van der Waals surface area contributed by atoms with Gasteiger partial charge in [0, 0.05) is 6.42 Å². The summed E-state index contributed by atoms with van der Waals surface area (Å²) in [5, 5.41) is 0. The zero-order chi connectivity index (χ0) is 8.81. The van der Waals surface area contributed by atoms with Crippen molar-refractivity contribution in [2.45, 2.75) is 6.42 Å². The van der Waals surface area contributed by atoms with Crippen molar-refractivity contribution in [3.05, 3.63) is 42.0 Å². The van der Waals surface area contributed by atoms with Gasteiger partial charge in [0.2, 0.25) is 5.91 Å². The van der Waals surface area contributed by atoms with Crippen LogP contribution in [0.25, 0.3) is 6.08 Å². The van der Waals surface area contributed by atoms with Crippen LogP contribution >= 0.6 is 0 Å². The number of primary amides is 1. The normalized spacial score (nSPS) is 10.3. The summed E-state index contributed by atoms with van der Waals surface area (Å²) >= 11 is 0. The number of carbonyl (C=O) groups is 1. The van der Waals surface area contributed by atoms with E-state index in [9.17, 15) is 4.79 Å². The van der Waals surface area contributed by atoms with E-state index in [0.29, 0.717) is 6.42 Å². The number of nitrogens with two attached hydrogens (primary N) is 1. The lowest BCUT2D eigenvalue weighted by Crippen LogP contribution is -2.07. The lowest BCUT2D eigenvalue weighted by molar-refractivity contribution is -0.117. The molecule has 0 spiro atoms. The predicted octanol–water partition coefficient (Wildman–Crippen LogP) is 1.58. The highest BCUT2D eigenvalue weighted by molar-refractivity contribution is 5.76. The van der Waals surface area contributed by atoms with Crippen LogP contribution in [0.5, 0.6) is 0 Å². The molecule has 0 saturated carbocycles. The van der Waals surface area contributed by atoms with E-state index >= 15 is 0 Å². The van der Waals surface area contributed by atoms with Crippen LogP contribution in [-0.2, 0) is 4.79 Å². The van der Waals surface area contributed by atoms with Crippen molar-refractivity contribution < 1.29 is 4.79 Å². The summed E-state index contributed by atoms with van der Waals surface area (Å²) in [5.74, 6) is -0.304. The molecule has 0 aliphatic heterocycles. The second kappa shape index (κ2) is 4.34. The smallest absolute Gasteiger partial charge is 0.221 e. The van der Waals surface area contributed by atoms with Gasteiger partial charge in [-0.1, -0.05) is 42.5 Å². The highest BCUT2D eigenvalue weighted by Gasteiger charge is 1.86. The number of amides is 1. The monoisotopic (exact) mass is 161 g/mol. The molecule has 2 heteroatoms. The fraction of sp³-hybridized carbons (Fsp3) is 0.100. The van der Waals surface area contributed by atoms with Gasteiger partial charge in [-0.05, 0) is 5.56 Å². The first kappa shape index (κ1) is 8.53. The average molecular weight is 161 g/mol. The highest BCUT2D eigenvalue weighted by Crippen LogP contribution is 2.01. The minimum absolute atomic E-state index is 0.300. The summed E-state index contributed by atoms with van der Waals surface area (Å²) in [5.41, 5.74) is 6.05. The largest absolute Gasteiger partial charge is 0.369 e. The Kier molecular flexibility index (Phi) is 3.08. The van der Waals surface area contributed by atoms with Gasteiger partial charge in [-0.3, -0.25) is 4.79 Å². The lowest BCUT2D eigenvalue weighted by Gasteiger charge is -1.89. The molecule has 2 N–H and O–H groups in total. The van der Waals surface area contributed by atoms with Crippen molar-refractivity contribution in [3.63, 3.8) is 0 Å². The molecule has 0 unspecified atom stereocenters. The third kappa shape index (κ3) is 3.01. The SMILES string of the molecule is NC(=O)C/C=C\c1ccccc1. The van der Waals surface area contributed by atoms with Gasteiger partial charge in [0.15, 0.2) is 0 Å². The van der Waals surface area contributed by atoms with Crippen LogP contribution < -0.4 is 5.73 Å². The topological polar surface area (TPSA) is 43.1 Å². The van der Waals surface area contributed by atoms with E-state index < -0.39 is 0 Å². The van der Waals surface area contributed by atoms with Gasteiger partial charge >= 0.3 is 0 Å². The summed E-state index contributed by atoms with van der Waals surface area (Å²) < 4.78 is 0. The first-order chi connectivity index (χ1) is 5.79. The number of benzene rings is 1. The summed E-state index contributed by atoms with van der Waals surface area (Å²) in [6.07, 6.45) is 3.94. The molecule has 12 heavy (non-hydrogen) atoms.